The standard InChI is InChI=1S/C15H16BrNO5/c1-4-5-17-14(18)9-22-15(19)7-10-6-12(20-2)13(21-3)8-11(10)16/h1,6,8H,5,7,9H2,2-3H3,(H,17,18). The third-order valence-corrected chi connectivity index (χ3v) is 3.38. The number of esters is 1. The van der Waals surface area contributed by atoms with E-state index in [0.29, 0.717) is 21.5 Å². The van der Waals surface area contributed by atoms with E-state index in [1.807, 2.05) is 0 Å². The highest BCUT2D eigenvalue weighted by atomic mass is 79.9. The van der Waals surface area contributed by atoms with Gasteiger partial charge in [0.1, 0.15) is 0 Å². The molecule has 0 atom stereocenters. The molecule has 1 rings (SSSR count). The summed E-state index contributed by atoms with van der Waals surface area (Å²) >= 11 is 3.35. The van der Waals surface area contributed by atoms with Crippen LogP contribution in [0.3, 0.4) is 0 Å². The minimum absolute atomic E-state index is 0.0106. The summed E-state index contributed by atoms with van der Waals surface area (Å²) in [6, 6.07) is 3.36. The van der Waals surface area contributed by atoms with Gasteiger partial charge in [-0.2, -0.15) is 0 Å². The van der Waals surface area contributed by atoms with E-state index >= 15 is 0 Å². The lowest BCUT2D eigenvalue weighted by Gasteiger charge is -2.11. The fourth-order valence-electron chi connectivity index (χ4n) is 1.58. The average Bonchev–Trinajstić information content (AvgIpc) is 2.52. The minimum atomic E-state index is -0.538. The van der Waals surface area contributed by atoms with Crippen LogP contribution in [0.4, 0.5) is 0 Å². The number of carbonyl (C=O) groups is 2. The molecule has 22 heavy (non-hydrogen) atoms. The van der Waals surface area contributed by atoms with Gasteiger partial charge in [0, 0.05) is 4.47 Å². The van der Waals surface area contributed by atoms with E-state index in [1.54, 1.807) is 12.1 Å². The molecule has 0 spiro atoms. The summed E-state index contributed by atoms with van der Waals surface area (Å²) in [6.07, 6.45) is 4.99. The number of nitrogens with one attached hydrogen (secondary N) is 1. The van der Waals surface area contributed by atoms with Crippen LogP contribution in [0.15, 0.2) is 16.6 Å². The molecule has 6 nitrogen and oxygen atoms in total. The van der Waals surface area contributed by atoms with Gasteiger partial charge in [-0.15, -0.1) is 6.42 Å². The van der Waals surface area contributed by atoms with Crippen LogP contribution in [-0.2, 0) is 20.7 Å². The second-order valence-electron chi connectivity index (χ2n) is 4.12. The van der Waals surface area contributed by atoms with Crippen molar-refractivity contribution in [1.82, 2.24) is 5.32 Å². The summed E-state index contributed by atoms with van der Waals surface area (Å²) in [7, 11) is 3.02. The van der Waals surface area contributed by atoms with Crippen molar-refractivity contribution >= 4 is 27.8 Å². The Morgan fingerprint density at radius 2 is 1.91 bits per heavy atom. The zero-order valence-electron chi connectivity index (χ0n) is 12.3. The van der Waals surface area contributed by atoms with Crippen molar-refractivity contribution in [3.05, 3.63) is 22.2 Å². The number of hydrogen-bond donors (Lipinski definition) is 1. The molecule has 1 aromatic carbocycles. The molecule has 0 aliphatic carbocycles. The maximum Gasteiger partial charge on any atom is 0.310 e. The molecule has 0 saturated heterocycles. The summed E-state index contributed by atoms with van der Waals surface area (Å²) in [4.78, 5) is 23.0. The SMILES string of the molecule is C#CCNC(=O)COC(=O)Cc1cc(OC)c(OC)cc1Br. The Morgan fingerprint density at radius 1 is 1.27 bits per heavy atom. The quantitative estimate of drug-likeness (QED) is 0.579. The maximum absolute atomic E-state index is 11.8. The smallest absolute Gasteiger partial charge is 0.310 e. The summed E-state index contributed by atoms with van der Waals surface area (Å²) < 4.78 is 15.9. The zero-order valence-corrected chi connectivity index (χ0v) is 13.9. The van der Waals surface area contributed by atoms with Gasteiger partial charge >= 0.3 is 5.97 Å². The van der Waals surface area contributed by atoms with Crippen molar-refractivity contribution in [3.8, 4) is 23.8 Å². The van der Waals surface area contributed by atoms with Crippen LogP contribution in [-0.4, -0.2) is 39.2 Å². The molecule has 0 bridgehead atoms. The van der Waals surface area contributed by atoms with E-state index in [9.17, 15) is 9.59 Å². The Morgan fingerprint density at radius 3 is 2.50 bits per heavy atom. The van der Waals surface area contributed by atoms with Gasteiger partial charge in [-0.25, -0.2) is 0 Å². The van der Waals surface area contributed by atoms with E-state index in [-0.39, 0.29) is 19.6 Å². The average molecular weight is 370 g/mol. The Hall–Kier alpha value is -2.20. The van der Waals surface area contributed by atoms with Gasteiger partial charge in [0.25, 0.3) is 5.91 Å². The molecular formula is C15H16BrNO5. The first-order chi connectivity index (χ1) is 10.5. The predicted molar refractivity (Wildman–Crippen MR) is 83.8 cm³/mol. The number of ether oxygens (including phenoxy) is 3. The molecule has 1 aromatic rings. The maximum atomic E-state index is 11.8. The third kappa shape index (κ3) is 5.30. The molecule has 0 radical (unpaired) electrons. The van der Waals surface area contributed by atoms with Gasteiger partial charge in [-0.3, -0.25) is 9.59 Å². The monoisotopic (exact) mass is 369 g/mol. The summed E-state index contributed by atoms with van der Waals surface area (Å²) in [6.45, 7) is -0.275. The van der Waals surface area contributed by atoms with E-state index in [2.05, 4.69) is 27.2 Å². The van der Waals surface area contributed by atoms with Crippen molar-refractivity contribution in [2.75, 3.05) is 27.4 Å². The first-order valence-electron chi connectivity index (χ1n) is 6.28. The lowest BCUT2D eigenvalue weighted by Crippen LogP contribution is -2.29. The van der Waals surface area contributed by atoms with Crippen LogP contribution in [0.2, 0.25) is 0 Å². The second kappa shape index (κ2) is 8.95. The predicted octanol–water partition coefficient (Wildman–Crippen LogP) is 1.30. The Labute approximate surface area is 137 Å². The van der Waals surface area contributed by atoms with Crippen LogP contribution in [0.5, 0.6) is 11.5 Å². The fourth-order valence-corrected chi connectivity index (χ4v) is 2.05. The van der Waals surface area contributed by atoms with Gasteiger partial charge in [0.15, 0.2) is 18.1 Å². The number of carbonyl (C=O) groups excluding carboxylic acids is 2. The molecule has 0 heterocycles. The number of methoxy groups -OCH3 is 2. The topological polar surface area (TPSA) is 73.9 Å². The van der Waals surface area contributed by atoms with Crippen molar-refractivity contribution in [3.63, 3.8) is 0 Å². The third-order valence-electron chi connectivity index (χ3n) is 2.64. The van der Waals surface area contributed by atoms with Crippen molar-refractivity contribution in [2.45, 2.75) is 6.42 Å². The van der Waals surface area contributed by atoms with E-state index in [0.717, 1.165) is 0 Å². The van der Waals surface area contributed by atoms with Gasteiger partial charge in [0.05, 0.1) is 27.2 Å². The van der Waals surface area contributed by atoms with Gasteiger partial charge in [-0.05, 0) is 17.7 Å². The van der Waals surface area contributed by atoms with Gasteiger partial charge in [0.2, 0.25) is 0 Å². The molecule has 1 amide bonds. The van der Waals surface area contributed by atoms with Crippen molar-refractivity contribution in [2.24, 2.45) is 0 Å². The molecular weight excluding hydrogens is 354 g/mol. The van der Waals surface area contributed by atoms with Gasteiger partial charge in [-0.1, -0.05) is 21.9 Å². The number of hydrogen-bond acceptors (Lipinski definition) is 5. The van der Waals surface area contributed by atoms with E-state index < -0.39 is 11.9 Å². The Kier molecular flexibility index (Phi) is 7.26. The summed E-state index contributed by atoms with van der Waals surface area (Å²) in [5.74, 6) is 2.31. The lowest BCUT2D eigenvalue weighted by molar-refractivity contribution is -0.147. The van der Waals surface area contributed by atoms with Crippen LogP contribution >= 0.6 is 15.9 Å². The number of halogens is 1. The van der Waals surface area contributed by atoms with Gasteiger partial charge < -0.3 is 19.5 Å². The van der Waals surface area contributed by atoms with Crippen molar-refractivity contribution in [1.29, 1.82) is 0 Å². The highest BCUT2D eigenvalue weighted by Crippen LogP contribution is 2.33. The normalized spacial score (nSPS) is 9.55. The molecule has 7 heteroatoms. The largest absolute Gasteiger partial charge is 0.493 e. The van der Waals surface area contributed by atoms with Crippen molar-refractivity contribution < 1.29 is 23.8 Å². The highest BCUT2D eigenvalue weighted by Gasteiger charge is 2.14. The Bertz CT molecular complexity index is 594. The molecule has 1 N–H and O–H groups in total. The molecule has 0 aliphatic rings. The molecule has 118 valence electrons. The lowest BCUT2D eigenvalue weighted by atomic mass is 10.1. The van der Waals surface area contributed by atoms with Crippen LogP contribution in [0.1, 0.15) is 5.56 Å². The Balaban J connectivity index is 2.65. The number of amides is 1. The number of benzene rings is 1. The zero-order chi connectivity index (χ0) is 16.5. The van der Waals surface area contributed by atoms with Crippen LogP contribution < -0.4 is 14.8 Å². The first kappa shape index (κ1) is 17.9. The number of rotatable bonds is 7. The molecule has 0 aromatic heterocycles. The summed E-state index contributed by atoms with van der Waals surface area (Å²) in [5, 5.41) is 2.40. The molecule has 0 aliphatic heterocycles. The second-order valence-corrected chi connectivity index (χ2v) is 4.97. The summed E-state index contributed by atoms with van der Waals surface area (Å²) in [5.41, 5.74) is 0.659. The molecule has 0 saturated carbocycles. The highest BCUT2D eigenvalue weighted by molar-refractivity contribution is 9.10. The molecule has 0 fully saturated rings. The van der Waals surface area contributed by atoms with E-state index in [4.69, 9.17) is 20.6 Å². The molecule has 0 unspecified atom stereocenters. The van der Waals surface area contributed by atoms with Crippen LogP contribution in [0.25, 0.3) is 0 Å². The first-order valence-corrected chi connectivity index (χ1v) is 7.07. The number of terminal acetylenes is 1. The van der Waals surface area contributed by atoms with Crippen LogP contribution in [0, 0.1) is 12.3 Å². The van der Waals surface area contributed by atoms with E-state index in [1.165, 1.54) is 14.2 Å². The fraction of sp³-hybridized carbons (Fsp3) is 0.333. The minimum Gasteiger partial charge on any atom is -0.493 e.